The third kappa shape index (κ3) is 4.72. The van der Waals surface area contributed by atoms with Crippen molar-refractivity contribution >= 4 is 33.4 Å². The molecule has 0 atom stereocenters. The number of nitrogens with zero attached hydrogens (tertiary/aromatic N) is 5. The van der Waals surface area contributed by atoms with Gasteiger partial charge in [0, 0.05) is 56.1 Å². The summed E-state index contributed by atoms with van der Waals surface area (Å²) in [6.45, 7) is 6.53. The van der Waals surface area contributed by atoms with Gasteiger partial charge < -0.3 is 19.3 Å². The van der Waals surface area contributed by atoms with Crippen molar-refractivity contribution in [2.45, 2.75) is 11.8 Å². The van der Waals surface area contributed by atoms with Gasteiger partial charge in [-0.2, -0.15) is 9.29 Å². The van der Waals surface area contributed by atoms with Gasteiger partial charge >= 0.3 is 0 Å². The molecule has 0 bridgehead atoms. The molecule has 3 heterocycles. The lowest BCUT2D eigenvalue weighted by molar-refractivity contribution is 0.122. The molecule has 0 radical (unpaired) electrons. The molecule has 9 nitrogen and oxygen atoms in total. The van der Waals surface area contributed by atoms with E-state index in [1.54, 1.807) is 12.1 Å². The summed E-state index contributed by atoms with van der Waals surface area (Å²) in [5.74, 6) is 1.78. The first kappa shape index (κ1) is 22.1. The van der Waals surface area contributed by atoms with Crippen LogP contribution in [0.2, 0.25) is 5.02 Å². The lowest BCUT2D eigenvalue weighted by atomic mass is 10.3. The minimum absolute atomic E-state index is 0.0809. The van der Waals surface area contributed by atoms with Crippen molar-refractivity contribution in [3.8, 4) is 5.75 Å². The summed E-state index contributed by atoms with van der Waals surface area (Å²) in [6, 6.07) is 6.58. The number of morpholine rings is 1. The van der Waals surface area contributed by atoms with Crippen LogP contribution in [0.3, 0.4) is 0 Å². The number of methoxy groups -OCH3 is 1. The van der Waals surface area contributed by atoms with E-state index >= 15 is 0 Å². The molecule has 11 heteroatoms. The molecule has 0 saturated carbocycles. The molecule has 1 aromatic heterocycles. The molecule has 0 aliphatic carbocycles. The maximum Gasteiger partial charge on any atom is 0.246 e. The Kier molecular flexibility index (Phi) is 6.52. The average Bonchev–Trinajstić information content (AvgIpc) is 2.79. The fraction of sp³-hybridized carbons (Fsp3) is 0.500. The van der Waals surface area contributed by atoms with Crippen molar-refractivity contribution in [2.24, 2.45) is 0 Å². The van der Waals surface area contributed by atoms with Crippen molar-refractivity contribution in [2.75, 3.05) is 69.4 Å². The van der Waals surface area contributed by atoms with Gasteiger partial charge in [-0.15, -0.1) is 0 Å². The predicted octanol–water partition coefficient (Wildman–Crippen LogP) is 1.79. The van der Waals surface area contributed by atoms with Crippen LogP contribution in [0, 0.1) is 6.92 Å². The molecule has 2 saturated heterocycles. The van der Waals surface area contributed by atoms with Crippen LogP contribution in [0.15, 0.2) is 29.2 Å². The minimum Gasteiger partial charge on any atom is -0.495 e. The lowest BCUT2D eigenvalue weighted by Crippen LogP contribution is -2.49. The van der Waals surface area contributed by atoms with Gasteiger partial charge in [-0.25, -0.2) is 13.4 Å². The number of benzene rings is 1. The molecule has 2 aromatic rings. The number of halogens is 1. The summed E-state index contributed by atoms with van der Waals surface area (Å²) in [5, 5.41) is 0.349. The first-order chi connectivity index (χ1) is 14.9. The van der Waals surface area contributed by atoms with Gasteiger partial charge in [-0.1, -0.05) is 11.6 Å². The molecular weight excluding hydrogens is 442 g/mol. The van der Waals surface area contributed by atoms with Crippen LogP contribution >= 0.6 is 11.6 Å². The highest BCUT2D eigenvalue weighted by molar-refractivity contribution is 7.89. The van der Waals surface area contributed by atoms with Crippen LogP contribution < -0.4 is 14.5 Å². The van der Waals surface area contributed by atoms with Gasteiger partial charge in [0.2, 0.25) is 16.0 Å². The highest BCUT2D eigenvalue weighted by Crippen LogP contribution is 2.30. The Labute approximate surface area is 187 Å². The van der Waals surface area contributed by atoms with Gasteiger partial charge in [0.15, 0.2) is 0 Å². The Morgan fingerprint density at radius 3 is 2.39 bits per heavy atom. The zero-order valence-electron chi connectivity index (χ0n) is 17.6. The van der Waals surface area contributed by atoms with Crippen LogP contribution in [-0.2, 0) is 14.8 Å². The van der Waals surface area contributed by atoms with E-state index < -0.39 is 10.0 Å². The van der Waals surface area contributed by atoms with Crippen molar-refractivity contribution < 1.29 is 17.9 Å². The van der Waals surface area contributed by atoms with E-state index in [1.807, 2.05) is 17.9 Å². The van der Waals surface area contributed by atoms with Crippen LogP contribution in [0.5, 0.6) is 5.75 Å². The Morgan fingerprint density at radius 2 is 1.71 bits per heavy atom. The monoisotopic (exact) mass is 467 g/mol. The van der Waals surface area contributed by atoms with Crippen LogP contribution in [-0.4, -0.2) is 82.3 Å². The van der Waals surface area contributed by atoms with Gasteiger partial charge in [0.25, 0.3) is 0 Å². The standard InChI is InChI=1S/C20H26ClN5O4S/c1-15-13-19(24-9-11-30-12-10-24)23-20(22-15)25-5-7-26(8-6-25)31(27,28)18-14-16(21)3-4-17(18)29-2/h3-4,13-14H,5-12H2,1-2H3. The van der Waals surface area contributed by atoms with E-state index in [0.29, 0.717) is 50.4 Å². The molecule has 0 unspecified atom stereocenters. The molecule has 2 aliphatic rings. The Balaban J connectivity index is 1.50. The minimum atomic E-state index is -3.73. The number of aryl methyl sites for hydroxylation is 1. The second-order valence-electron chi connectivity index (χ2n) is 7.45. The Hall–Kier alpha value is -2.14. The fourth-order valence-electron chi connectivity index (χ4n) is 3.75. The lowest BCUT2D eigenvalue weighted by Gasteiger charge is -2.35. The van der Waals surface area contributed by atoms with Gasteiger partial charge in [0.05, 0.1) is 20.3 Å². The van der Waals surface area contributed by atoms with E-state index in [-0.39, 0.29) is 10.6 Å². The summed E-state index contributed by atoms with van der Waals surface area (Å²) in [7, 11) is -2.29. The van der Waals surface area contributed by atoms with Crippen LogP contribution in [0.4, 0.5) is 11.8 Å². The third-order valence-corrected chi connectivity index (χ3v) is 7.58. The number of anilines is 2. The SMILES string of the molecule is COc1ccc(Cl)cc1S(=O)(=O)N1CCN(c2nc(C)cc(N3CCOCC3)n2)CC1. The third-order valence-electron chi connectivity index (χ3n) is 5.43. The quantitative estimate of drug-likeness (QED) is 0.657. The average molecular weight is 468 g/mol. The second kappa shape index (κ2) is 9.15. The molecule has 4 rings (SSSR count). The Morgan fingerprint density at radius 1 is 1.00 bits per heavy atom. The highest BCUT2D eigenvalue weighted by Gasteiger charge is 2.32. The maximum absolute atomic E-state index is 13.2. The number of sulfonamides is 1. The molecule has 31 heavy (non-hydrogen) atoms. The fourth-order valence-corrected chi connectivity index (χ4v) is 5.59. The maximum atomic E-state index is 13.2. The molecule has 0 N–H and O–H groups in total. The van der Waals surface area contributed by atoms with E-state index in [2.05, 4.69) is 9.88 Å². The van der Waals surface area contributed by atoms with E-state index in [9.17, 15) is 8.42 Å². The summed E-state index contributed by atoms with van der Waals surface area (Å²) in [5.41, 5.74) is 0.880. The molecular formula is C20H26ClN5O4S. The largest absolute Gasteiger partial charge is 0.495 e. The van der Waals surface area contributed by atoms with Gasteiger partial charge in [-0.3, -0.25) is 0 Å². The summed E-state index contributed by atoms with van der Waals surface area (Å²) >= 11 is 6.04. The first-order valence-electron chi connectivity index (χ1n) is 10.2. The second-order valence-corrected chi connectivity index (χ2v) is 9.80. The molecule has 1 aromatic carbocycles. The topological polar surface area (TPSA) is 88.1 Å². The summed E-state index contributed by atoms with van der Waals surface area (Å²) in [6.07, 6.45) is 0. The smallest absolute Gasteiger partial charge is 0.246 e. The molecule has 2 aliphatic heterocycles. The number of hydrogen-bond donors (Lipinski definition) is 0. The van der Waals surface area contributed by atoms with Crippen LogP contribution in [0.25, 0.3) is 0 Å². The Bertz CT molecular complexity index is 1040. The highest BCUT2D eigenvalue weighted by atomic mass is 35.5. The zero-order valence-corrected chi connectivity index (χ0v) is 19.2. The number of ether oxygens (including phenoxy) is 2. The van der Waals surface area contributed by atoms with Gasteiger partial charge in [-0.05, 0) is 25.1 Å². The van der Waals surface area contributed by atoms with Crippen molar-refractivity contribution in [1.29, 1.82) is 0 Å². The summed E-state index contributed by atoms with van der Waals surface area (Å²) in [4.78, 5) is 13.6. The van der Waals surface area contributed by atoms with Crippen molar-refractivity contribution in [3.05, 3.63) is 35.0 Å². The van der Waals surface area contributed by atoms with E-state index in [1.165, 1.54) is 17.5 Å². The summed E-state index contributed by atoms with van der Waals surface area (Å²) < 4.78 is 38.5. The van der Waals surface area contributed by atoms with E-state index in [4.69, 9.17) is 26.1 Å². The van der Waals surface area contributed by atoms with Gasteiger partial charge in [0.1, 0.15) is 16.5 Å². The molecule has 2 fully saturated rings. The normalized spacial score (nSPS) is 18.3. The van der Waals surface area contributed by atoms with Crippen molar-refractivity contribution in [1.82, 2.24) is 14.3 Å². The predicted molar refractivity (Wildman–Crippen MR) is 119 cm³/mol. The number of rotatable bonds is 5. The van der Waals surface area contributed by atoms with Crippen molar-refractivity contribution in [3.63, 3.8) is 0 Å². The molecule has 0 spiro atoms. The molecule has 168 valence electrons. The number of aromatic nitrogens is 2. The first-order valence-corrected chi connectivity index (χ1v) is 12.0. The number of piperazine rings is 1. The molecule has 0 amide bonds. The van der Waals surface area contributed by atoms with E-state index in [0.717, 1.165) is 24.6 Å². The van der Waals surface area contributed by atoms with Crippen LogP contribution in [0.1, 0.15) is 5.69 Å². The zero-order chi connectivity index (χ0) is 22.0. The number of hydrogen-bond acceptors (Lipinski definition) is 8.